The van der Waals surface area contributed by atoms with Gasteiger partial charge < -0.3 is 15.4 Å². The Morgan fingerprint density at radius 1 is 1.48 bits per heavy atom. The summed E-state index contributed by atoms with van der Waals surface area (Å²) < 4.78 is 7.25. The highest BCUT2D eigenvalue weighted by Crippen LogP contribution is 2.29. The van der Waals surface area contributed by atoms with Gasteiger partial charge in [-0.15, -0.1) is 0 Å². The number of aromatic nitrogens is 2. The monoisotopic (exact) mass is 320 g/mol. The molecule has 23 heavy (non-hydrogen) atoms. The second-order valence-electron chi connectivity index (χ2n) is 6.79. The van der Waals surface area contributed by atoms with Gasteiger partial charge in [0.05, 0.1) is 12.1 Å². The molecule has 3 atom stereocenters. The Bertz CT molecular complexity index is 524. The van der Waals surface area contributed by atoms with Gasteiger partial charge in [0, 0.05) is 51.5 Å². The molecule has 0 bridgehead atoms. The Kier molecular flexibility index (Phi) is 5.33. The first-order chi connectivity index (χ1) is 11.2. The number of carbonyl (C=O) groups is 1. The highest BCUT2D eigenvalue weighted by Gasteiger charge is 2.36. The van der Waals surface area contributed by atoms with Crippen molar-refractivity contribution in [2.75, 3.05) is 26.3 Å². The maximum absolute atomic E-state index is 12.8. The predicted octanol–water partition coefficient (Wildman–Crippen LogP) is 1.04. The Labute approximate surface area is 138 Å². The zero-order valence-corrected chi connectivity index (χ0v) is 14.1. The quantitative estimate of drug-likeness (QED) is 0.851. The molecule has 0 aromatic carbocycles. The fourth-order valence-electron chi connectivity index (χ4n) is 3.90. The summed E-state index contributed by atoms with van der Waals surface area (Å²) in [7, 11) is 1.92. The second-order valence-corrected chi connectivity index (χ2v) is 6.79. The number of ether oxygens (including phenoxy) is 1. The summed E-state index contributed by atoms with van der Waals surface area (Å²) in [5.74, 6) is 0.940. The zero-order valence-electron chi connectivity index (χ0n) is 14.1. The number of hydrogen-bond donors (Lipinski definition) is 2. The minimum atomic E-state index is -0.00640. The molecule has 2 N–H and O–H groups in total. The molecule has 0 radical (unpaired) electrons. The number of nitrogens with zero attached hydrogens (tertiary/aromatic N) is 2. The summed E-state index contributed by atoms with van der Waals surface area (Å²) in [6.07, 6.45) is 6.98. The van der Waals surface area contributed by atoms with Crippen molar-refractivity contribution in [1.29, 1.82) is 0 Å². The smallest absolute Gasteiger partial charge is 0.225 e. The SMILES string of the molecule is CCC(NC(=O)[C@H]1CNC[C@@H]1c1cnn(C)c1)C1CCOCC1. The fraction of sp³-hybridized carbons (Fsp3) is 0.765. The van der Waals surface area contributed by atoms with Crippen molar-refractivity contribution in [3.63, 3.8) is 0 Å². The van der Waals surface area contributed by atoms with E-state index in [0.717, 1.165) is 51.1 Å². The van der Waals surface area contributed by atoms with E-state index in [1.54, 1.807) is 4.68 Å². The van der Waals surface area contributed by atoms with Crippen LogP contribution in [0.15, 0.2) is 12.4 Å². The number of aryl methyl sites for hydroxylation is 1. The minimum absolute atomic E-state index is 0.00640. The fourth-order valence-corrected chi connectivity index (χ4v) is 3.90. The van der Waals surface area contributed by atoms with E-state index in [9.17, 15) is 4.79 Å². The van der Waals surface area contributed by atoms with E-state index in [4.69, 9.17) is 4.74 Å². The molecule has 128 valence electrons. The van der Waals surface area contributed by atoms with E-state index < -0.39 is 0 Å². The maximum Gasteiger partial charge on any atom is 0.225 e. The molecule has 1 aromatic rings. The van der Waals surface area contributed by atoms with Gasteiger partial charge in [0.2, 0.25) is 5.91 Å². The summed E-state index contributed by atoms with van der Waals surface area (Å²) in [6, 6.07) is 0.265. The van der Waals surface area contributed by atoms with E-state index >= 15 is 0 Å². The highest BCUT2D eigenvalue weighted by atomic mass is 16.5. The van der Waals surface area contributed by atoms with Gasteiger partial charge in [0.25, 0.3) is 0 Å². The number of carbonyl (C=O) groups excluding carboxylic acids is 1. The van der Waals surface area contributed by atoms with Crippen LogP contribution < -0.4 is 10.6 Å². The molecule has 2 aliphatic rings. The molecule has 1 unspecified atom stereocenters. The third-order valence-electron chi connectivity index (χ3n) is 5.31. The van der Waals surface area contributed by atoms with Crippen molar-refractivity contribution < 1.29 is 9.53 Å². The first-order valence-corrected chi connectivity index (χ1v) is 8.76. The van der Waals surface area contributed by atoms with Gasteiger partial charge >= 0.3 is 0 Å². The Balaban J connectivity index is 1.63. The highest BCUT2D eigenvalue weighted by molar-refractivity contribution is 5.80. The van der Waals surface area contributed by atoms with Crippen LogP contribution in [0.4, 0.5) is 0 Å². The Hall–Kier alpha value is -1.40. The summed E-state index contributed by atoms with van der Waals surface area (Å²) in [5, 5.41) is 10.9. The van der Waals surface area contributed by atoms with Crippen LogP contribution in [0.1, 0.15) is 37.7 Å². The normalized spacial score (nSPS) is 27.0. The molecular formula is C17H28N4O2. The van der Waals surface area contributed by atoms with Crippen LogP contribution >= 0.6 is 0 Å². The lowest BCUT2D eigenvalue weighted by Crippen LogP contribution is -2.45. The van der Waals surface area contributed by atoms with Crippen LogP contribution in [-0.2, 0) is 16.6 Å². The van der Waals surface area contributed by atoms with Crippen LogP contribution in [0.5, 0.6) is 0 Å². The average molecular weight is 320 g/mol. The largest absolute Gasteiger partial charge is 0.381 e. The van der Waals surface area contributed by atoms with E-state index in [2.05, 4.69) is 22.7 Å². The van der Waals surface area contributed by atoms with Crippen molar-refractivity contribution in [3.05, 3.63) is 18.0 Å². The number of nitrogens with one attached hydrogen (secondary N) is 2. The lowest BCUT2D eigenvalue weighted by molar-refractivity contribution is -0.126. The molecule has 1 aromatic heterocycles. The zero-order chi connectivity index (χ0) is 16.2. The lowest BCUT2D eigenvalue weighted by atomic mass is 9.87. The summed E-state index contributed by atoms with van der Waals surface area (Å²) >= 11 is 0. The van der Waals surface area contributed by atoms with Crippen LogP contribution in [0.2, 0.25) is 0 Å². The van der Waals surface area contributed by atoms with E-state index in [0.29, 0.717) is 5.92 Å². The van der Waals surface area contributed by atoms with E-state index in [-0.39, 0.29) is 23.8 Å². The van der Waals surface area contributed by atoms with E-state index in [1.165, 1.54) is 0 Å². The molecule has 0 spiro atoms. The molecule has 0 aliphatic carbocycles. The topological polar surface area (TPSA) is 68.2 Å². The number of hydrogen-bond acceptors (Lipinski definition) is 4. The molecule has 0 saturated carbocycles. The average Bonchev–Trinajstić information content (AvgIpc) is 3.21. The second kappa shape index (κ2) is 7.45. The van der Waals surface area contributed by atoms with Gasteiger partial charge in [-0.2, -0.15) is 5.10 Å². The number of rotatable bonds is 5. The first kappa shape index (κ1) is 16.5. The van der Waals surface area contributed by atoms with Crippen molar-refractivity contribution in [1.82, 2.24) is 20.4 Å². The molecule has 3 rings (SSSR count). The van der Waals surface area contributed by atoms with E-state index in [1.807, 2.05) is 19.4 Å². The molecule has 1 amide bonds. The van der Waals surface area contributed by atoms with Gasteiger partial charge in [0.1, 0.15) is 0 Å². The van der Waals surface area contributed by atoms with Crippen molar-refractivity contribution in [2.45, 2.75) is 38.1 Å². The molecule has 2 fully saturated rings. The van der Waals surface area contributed by atoms with Crippen LogP contribution in [0, 0.1) is 11.8 Å². The lowest BCUT2D eigenvalue weighted by Gasteiger charge is -2.31. The molecule has 2 aliphatic heterocycles. The van der Waals surface area contributed by atoms with Gasteiger partial charge in [-0.1, -0.05) is 6.92 Å². The predicted molar refractivity (Wildman–Crippen MR) is 88.1 cm³/mol. The van der Waals surface area contributed by atoms with Gasteiger partial charge in [-0.05, 0) is 30.7 Å². The van der Waals surface area contributed by atoms with Gasteiger partial charge in [0.15, 0.2) is 0 Å². The first-order valence-electron chi connectivity index (χ1n) is 8.76. The number of amides is 1. The maximum atomic E-state index is 12.8. The van der Waals surface area contributed by atoms with Gasteiger partial charge in [-0.3, -0.25) is 9.48 Å². The molecular weight excluding hydrogens is 292 g/mol. The summed E-state index contributed by atoms with van der Waals surface area (Å²) in [4.78, 5) is 12.8. The van der Waals surface area contributed by atoms with Gasteiger partial charge in [-0.25, -0.2) is 0 Å². The molecule has 6 heteroatoms. The van der Waals surface area contributed by atoms with Crippen LogP contribution in [0.25, 0.3) is 0 Å². The third kappa shape index (κ3) is 3.75. The van der Waals surface area contributed by atoms with Crippen LogP contribution in [-0.4, -0.2) is 48.0 Å². The van der Waals surface area contributed by atoms with Crippen molar-refractivity contribution >= 4 is 5.91 Å². The van der Waals surface area contributed by atoms with Crippen LogP contribution in [0.3, 0.4) is 0 Å². The van der Waals surface area contributed by atoms with Crippen molar-refractivity contribution in [3.8, 4) is 0 Å². The minimum Gasteiger partial charge on any atom is -0.381 e. The Morgan fingerprint density at radius 3 is 2.91 bits per heavy atom. The Morgan fingerprint density at radius 2 is 2.26 bits per heavy atom. The summed E-state index contributed by atoms with van der Waals surface area (Å²) in [5.41, 5.74) is 1.15. The molecule has 6 nitrogen and oxygen atoms in total. The standard InChI is InChI=1S/C17H28N4O2/c1-3-16(12-4-6-23-7-5-12)20-17(22)15-10-18-9-14(15)13-8-19-21(2)11-13/h8,11-12,14-16,18H,3-7,9-10H2,1-2H3,(H,20,22)/t14-,15+,16?/m1/s1. The third-order valence-corrected chi connectivity index (χ3v) is 5.31. The molecule has 3 heterocycles. The van der Waals surface area contributed by atoms with Crippen molar-refractivity contribution in [2.24, 2.45) is 18.9 Å². The summed E-state index contributed by atoms with van der Waals surface area (Å²) in [6.45, 7) is 5.39. The molecule has 2 saturated heterocycles.